The molecule has 0 bridgehead atoms. The average Bonchev–Trinajstić information content (AvgIpc) is 3.82. The number of benzene rings is 2. The zero-order valence-electron chi connectivity index (χ0n) is 28.5. The largest absolute Gasteiger partial charge is 0.480 e. The molecule has 2 fully saturated rings. The Kier molecular flexibility index (Phi) is 11.0. The lowest BCUT2D eigenvalue weighted by molar-refractivity contribution is -0.124. The molecule has 3 amide bonds. The maximum absolute atomic E-state index is 12.1. The molecule has 0 spiro atoms. The van der Waals surface area contributed by atoms with E-state index in [1.807, 2.05) is 41.3 Å². The van der Waals surface area contributed by atoms with Crippen molar-refractivity contribution in [2.75, 3.05) is 54.5 Å². The van der Waals surface area contributed by atoms with Crippen molar-refractivity contribution in [1.82, 2.24) is 40.4 Å². The number of methoxy groups -OCH3 is 2. The van der Waals surface area contributed by atoms with Gasteiger partial charge in [0.15, 0.2) is 0 Å². The van der Waals surface area contributed by atoms with Gasteiger partial charge in [0.1, 0.15) is 11.4 Å². The van der Waals surface area contributed by atoms with Gasteiger partial charge >= 0.3 is 6.03 Å². The van der Waals surface area contributed by atoms with Crippen molar-refractivity contribution in [3.05, 3.63) is 70.2 Å². The van der Waals surface area contributed by atoms with Crippen LogP contribution < -0.4 is 20.1 Å². The summed E-state index contributed by atoms with van der Waals surface area (Å²) in [6.45, 7) is 3.33. The van der Waals surface area contributed by atoms with Crippen LogP contribution >= 0.6 is 23.2 Å². The number of hydrogen-bond donors (Lipinski definition) is 2. The molecule has 2 aliphatic rings. The second-order valence-electron chi connectivity index (χ2n) is 12.5. The van der Waals surface area contributed by atoms with E-state index in [-0.39, 0.29) is 23.8 Å². The molecule has 12 nitrogen and oxygen atoms in total. The lowest BCUT2D eigenvalue weighted by Crippen LogP contribution is -2.36. The summed E-state index contributed by atoms with van der Waals surface area (Å²) in [5.41, 5.74) is 5.34. The van der Waals surface area contributed by atoms with Crippen molar-refractivity contribution < 1.29 is 19.1 Å². The summed E-state index contributed by atoms with van der Waals surface area (Å²) in [4.78, 5) is 47.1. The van der Waals surface area contributed by atoms with Crippen LogP contribution in [0.4, 0.5) is 4.79 Å². The minimum Gasteiger partial charge on any atom is -0.480 e. The highest BCUT2D eigenvalue weighted by Crippen LogP contribution is 2.42. The van der Waals surface area contributed by atoms with Crippen molar-refractivity contribution in [1.29, 1.82) is 0 Å². The molecule has 0 aliphatic carbocycles. The minimum absolute atomic E-state index is 0.0376. The van der Waals surface area contributed by atoms with Gasteiger partial charge < -0.3 is 25.0 Å². The summed E-state index contributed by atoms with van der Waals surface area (Å²) < 4.78 is 11.3. The molecule has 2 atom stereocenters. The Hall–Kier alpha value is -4.52. The van der Waals surface area contributed by atoms with Crippen LogP contribution in [0.2, 0.25) is 10.0 Å². The van der Waals surface area contributed by atoms with Gasteiger partial charge in [0, 0.05) is 62.5 Å². The Morgan fingerprint density at radius 3 is 1.96 bits per heavy atom. The van der Waals surface area contributed by atoms with Gasteiger partial charge in [-0.05, 0) is 31.7 Å². The fourth-order valence-corrected chi connectivity index (χ4v) is 7.38. The Bertz CT molecular complexity index is 1760. The van der Waals surface area contributed by atoms with Gasteiger partial charge in [0.05, 0.1) is 54.0 Å². The van der Waals surface area contributed by atoms with Gasteiger partial charge in [0.25, 0.3) is 0 Å². The number of urea groups is 1. The Labute approximate surface area is 301 Å². The summed E-state index contributed by atoms with van der Waals surface area (Å²) >= 11 is 14.2. The third-order valence-corrected chi connectivity index (χ3v) is 10.2. The molecule has 262 valence electrons. The molecule has 2 unspecified atom stereocenters. The van der Waals surface area contributed by atoms with Crippen LogP contribution in [0, 0.1) is 11.8 Å². The fraction of sp³-hybridized carbons (Fsp3) is 0.389. The summed E-state index contributed by atoms with van der Waals surface area (Å²) in [5, 5.41) is 6.36. The predicted molar refractivity (Wildman–Crippen MR) is 192 cm³/mol. The molecule has 2 saturated heterocycles. The Balaban J connectivity index is 1.24. The third-order valence-electron chi connectivity index (χ3n) is 9.38. The van der Waals surface area contributed by atoms with E-state index in [4.69, 9.17) is 52.6 Å². The molecule has 6 rings (SSSR count). The predicted octanol–water partition coefficient (Wildman–Crippen LogP) is 5.36. The van der Waals surface area contributed by atoms with Crippen LogP contribution in [-0.4, -0.2) is 96.2 Å². The molecule has 2 aromatic carbocycles. The van der Waals surface area contributed by atoms with Gasteiger partial charge in [-0.2, -0.15) is 0 Å². The van der Waals surface area contributed by atoms with Gasteiger partial charge in [0.2, 0.25) is 17.7 Å². The number of carbonyl (C=O) groups is 2. The third kappa shape index (κ3) is 7.33. The lowest BCUT2D eigenvalue weighted by atomic mass is 9.98. The zero-order chi connectivity index (χ0) is 35.4. The number of nitrogens with one attached hydrogen (secondary N) is 2. The van der Waals surface area contributed by atoms with Gasteiger partial charge in [-0.3, -0.25) is 19.7 Å². The first-order valence-electron chi connectivity index (χ1n) is 16.5. The van der Waals surface area contributed by atoms with E-state index in [0.717, 1.165) is 36.2 Å². The normalized spacial score (nSPS) is 17.5. The first-order valence-corrected chi connectivity index (χ1v) is 17.3. The molecule has 4 aromatic rings. The van der Waals surface area contributed by atoms with Crippen molar-refractivity contribution in [2.24, 2.45) is 11.8 Å². The highest BCUT2D eigenvalue weighted by atomic mass is 35.5. The van der Waals surface area contributed by atoms with Crippen molar-refractivity contribution >= 4 is 35.1 Å². The first kappa shape index (κ1) is 35.3. The van der Waals surface area contributed by atoms with Gasteiger partial charge in [-0.15, -0.1) is 0 Å². The molecular formula is C36H40Cl2N8O4. The molecule has 2 aromatic heterocycles. The number of aromatic nitrogens is 4. The van der Waals surface area contributed by atoms with E-state index in [1.165, 1.54) is 0 Å². The SMILES string of the molecule is CNC(=O)C1CCN(Cc2ncc(-c3cccc(-c4cccc(-c5cnc(CC6CCN(C(=O)NC)C6)c(OC)n5)c4Cl)c3Cl)nc2OC)C1. The van der Waals surface area contributed by atoms with Crippen LogP contribution in [0.3, 0.4) is 0 Å². The molecule has 50 heavy (non-hydrogen) atoms. The quantitative estimate of drug-likeness (QED) is 0.222. The summed E-state index contributed by atoms with van der Waals surface area (Å²) in [6, 6.07) is 11.3. The zero-order valence-corrected chi connectivity index (χ0v) is 30.0. The van der Waals surface area contributed by atoms with Crippen LogP contribution in [0.25, 0.3) is 33.6 Å². The van der Waals surface area contributed by atoms with E-state index in [9.17, 15) is 9.59 Å². The second-order valence-corrected chi connectivity index (χ2v) is 13.2. The maximum atomic E-state index is 12.1. The van der Waals surface area contributed by atoms with Crippen molar-refractivity contribution in [3.63, 3.8) is 0 Å². The van der Waals surface area contributed by atoms with E-state index in [1.54, 1.807) is 40.7 Å². The number of nitrogens with zero attached hydrogens (tertiary/aromatic N) is 6. The smallest absolute Gasteiger partial charge is 0.317 e. The monoisotopic (exact) mass is 718 g/mol. The van der Waals surface area contributed by atoms with Crippen molar-refractivity contribution in [2.45, 2.75) is 25.8 Å². The van der Waals surface area contributed by atoms with Crippen molar-refractivity contribution in [3.8, 4) is 45.4 Å². The number of carbonyl (C=O) groups excluding carboxylic acids is 2. The molecule has 0 saturated carbocycles. The van der Waals surface area contributed by atoms with E-state index < -0.39 is 0 Å². The molecule has 14 heteroatoms. The Morgan fingerprint density at radius 2 is 1.38 bits per heavy atom. The maximum Gasteiger partial charge on any atom is 0.317 e. The molecule has 2 aliphatic heterocycles. The number of amides is 3. The average molecular weight is 720 g/mol. The van der Waals surface area contributed by atoms with E-state index >= 15 is 0 Å². The van der Waals surface area contributed by atoms with Gasteiger partial charge in [-0.1, -0.05) is 59.6 Å². The highest BCUT2D eigenvalue weighted by molar-refractivity contribution is 6.39. The molecular weight excluding hydrogens is 679 g/mol. The summed E-state index contributed by atoms with van der Waals surface area (Å²) in [6.07, 6.45) is 5.72. The number of likely N-dealkylation sites (tertiary alicyclic amines) is 2. The standard InChI is InChI=1S/C36H40Cl2N8O4/c1-39-33(47)22-12-13-45(19-22)20-30-35(50-4)44-29(17-42-30)26-10-6-8-24(32(26)38)23-7-5-9-25(31(23)37)28-16-41-27(34(43-28)49-3)15-21-11-14-46(18-21)36(48)40-2/h5-10,16-17,21-22H,11-15,18-20H2,1-4H3,(H,39,47)(H,40,48). The molecule has 0 radical (unpaired) electrons. The fourth-order valence-electron chi connectivity index (χ4n) is 6.73. The van der Waals surface area contributed by atoms with Crippen LogP contribution in [0.5, 0.6) is 11.8 Å². The van der Waals surface area contributed by atoms with E-state index in [2.05, 4.69) is 15.5 Å². The van der Waals surface area contributed by atoms with Crippen LogP contribution in [-0.2, 0) is 17.8 Å². The lowest BCUT2D eigenvalue weighted by Gasteiger charge is -2.17. The summed E-state index contributed by atoms with van der Waals surface area (Å²) in [5.74, 6) is 1.11. The Morgan fingerprint density at radius 1 is 0.800 bits per heavy atom. The number of ether oxygens (including phenoxy) is 2. The highest BCUT2D eigenvalue weighted by Gasteiger charge is 2.30. The molecule has 2 N–H and O–H groups in total. The summed E-state index contributed by atoms with van der Waals surface area (Å²) in [7, 11) is 6.45. The second kappa shape index (κ2) is 15.6. The van der Waals surface area contributed by atoms with E-state index in [0.29, 0.717) is 82.6 Å². The van der Waals surface area contributed by atoms with Crippen LogP contribution in [0.15, 0.2) is 48.8 Å². The number of hydrogen-bond acceptors (Lipinski definition) is 9. The van der Waals surface area contributed by atoms with Crippen LogP contribution in [0.1, 0.15) is 24.2 Å². The first-order chi connectivity index (χ1) is 24.2. The number of halogens is 2. The van der Waals surface area contributed by atoms with Gasteiger partial charge in [-0.25, -0.2) is 14.8 Å². The topological polar surface area (TPSA) is 135 Å². The molecule has 4 heterocycles. The minimum atomic E-state index is -0.0707. The number of rotatable bonds is 10.